The zero-order chi connectivity index (χ0) is 20.6. The molecule has 148 valence electrons. The van der Waals surface area contributed by atoms with Gasteiger partial charge in [-0.25, -0.2) is 0 Å². The summed E-state index contributed by atoms with van der Waals surface area (Å²) >= 11 is 0. The van der Waals surface area contributed by atoms with Gasteiger partial charge in [-0.1, -0.05) is 48.5 Å². The van der Waals surface area contributed by atoms with E-state index < -0.39 is 0 Å². The molecule has 3 heterocycles. The van der Waals surface area contributed by atoms with Crippen molar-refractivity contribution in [3.05, 3.63) is 103 Å². The molecular weight excluding hydrogens is 382 g/mol. The molecule has 0 saturated carbocycles. The van der Waals surface area contributed by atoms with Crippen LogP contribution in [0.5, 0.6) is 0 Å². The number of anilines is 1. The molecule has 0 atom stereocenters. The van der Waals surface area contributed by atoms with Crippen molar-refractivity contribution in [2.45, 2.75) is 6.54 Å². The van der Waals surface area contributed by atoms with E-state index in [4.69, 9.17) is 4.42 Å². The molecule has 0 fully saturated rings. The smallest absolute Gasteiger partial charge is 0.137 e. The van der Waals surface area contributed by atoms with Crippen molar-refractivity contribution in [2.24, 2.45) is 0 Å². The molecule has 3 aromatic heterocycles. The second-order valence-electron chi connectivity index (χ2n) is 7.62. The van der Waals surface area contributed by atoms with E-state index in [1.165, 1.54) is 5.56 Å². The highest BCUT2D eigenvalue weighted by molar-refractivity contribution is 5.97. The van der Waals surface area contributed by atoms with E-state index in [1.54, 1.807) is 0 Å². The normalized spacial score (nSPS) is 11.4. The van der Waals surface area contributed by atoms with Crippen molar-refractivity contribution in [3.63, 3.8) is 0 Å². The van der Waals surface area contributed by atoms with Crippen molar-refractivity contribution in [3.8, 4) is 11.3 Å². The summed E-state index contributed by atoms with van der Waals surface area (Å²) in [5.74, 6) is 0.838. The van der Waals surface area contributed by atoms with E-state index in [9.17, 15) is 0 Å². The quantitative estimate of drug-likeness (QED) is 0.353. The summed E-state index contributed by atoms with van der Waals surface area (Å²) in [4.78, 5) is 8.88. The summed E-state index contributed by atoms with van der Waals surface area (Å²) in [7, 11) is 0. The number of fused-ring (bicyclic) bond motifs is 3. The maximum Gasteiger partial charge on any atom is 0.137 e. The van der Waals surface area contributed by atoms with Gasteiger partial charge in [0.25, 0.3) is 0 Å². The van der Waals surface area contributed by atoms with Gasteiger partial charge in [0.05, 0.1) is 5.52 Å². The number of benzene rings is 3. The number of furan rings is 1. The Balaban J connectivity index is 1.37. The number of nitrogens with one attached hydrogen (secondary N) is 1. The van der Waals surface area contributed by atoms with Gasteiger partial charge in [-0.3, -0.25) is 9.97 Å². The van der Waals surface area contributed by atoms with E-state index >= 15 is 0 Å². The largest absolute Gasteiger partial charge is 0.456 e. The van der Waals surface area contributed by atoms with Gasteiger partial charge in [0.1, 0.15) is 11.3 Å². The van der Waals surface area contributed by atoms with E-state index in [1.807, 2.05) is 61.1 Å². The van der Waals surface area contributed by atoms with Gasteiger partial charge >= 0.3 is 0 Å². The van der Waals surface area contributed by atoms with Crippen LogP contribution < -0.4 is 5.32 Å². The van der Waals surface area contributed by atoms with Crippen LogP contribution in [-0.2, 0) is 6.54 Å². The molecular formula is C27H19N3O. The number of pyridine rings is 2. The summed E-state index contributed by atoms with van der Waals surface area (Å²) in [5.41, 5.74) is 5.15. The minimum Gasteiger partial charge on any atom is -0.456 e. The van der Waals surface area contributed by atoms with Crippen LogP contribution >= 0.6 is 0 Å². The lowest BCUT2D eigenvalue weighted by molar-refractivity contribution is 0.632. The van der Waals surface area contributed by atoms with Crippen LogP contribution in [0.3, 0.4) is 0 Å². The van der Waals surface area contributed by atoms with Gasteiger partial charge in [-0.2, -0.15) is 0 Å². The zero-order valence-electron chi connectivity index (χ0n) is 16.7. The van der Waals surface area contributed by atoms with Crippen LogP contribution in [0.1, 0.15) is 5.56 Å². The highest BCUT2D eigenvalue weighted by Crippen LogP contribution is 2.33. The van der Waals surface area contributed by atoms with E-state index in [-0.39, 0.29) is 0 Å². The van der Waals surface area contributed by atoms with Gasteiger partial charge in [-0.15, -0.1) is 0 Å². The lowest BCUT2D eigenvalue weighted by atomic mass is 10.0. The van der Waals surface area contributed by atoms with Crippen molar-refractivity contribution >= 4 is 38.3 Å². The SMILES string of the molecule is c1ccc2oc(-c3cncc4ccc(CNc5ccnc6ccccc56)cc34)cc2c1. The maximum absolute atomic E-state index is 6.12. The highest BCUT2D eigenvalue weighted by Gasteiger charge is 2.11. The van der Waals surface area contributed by atoms with E-state index in [2.05, 4.69) is 51.7 Å². The highest BCUT2D eigenvalue weighted by atomic mass is 16.3. The predicted molar refractivity (Wildman–Crippen MR) is 126 cm³/mol. The minimum absolute atomic E-state index is 0.714. The van der Waals surface area contributed by atoms with Gasteiger partial charge < -0.3 is 9.73 Å². The van der Waals surface area contributed by atoms with Crippen molar-refractivity contribution in [1.29, 1.82) is 0 Å². The molecule has 0 aliphatic carbocycles. The minimum atomic E-state index is 0.714. The molecule has 0 saturated heterocycles. The standard InChI is InChI=1S/C27H19N3O/c1-4-8-26-19(5-1)14-27(31-26)23-17-28-16-20-10-9-18(13-22(20)23)15-30-25-11-12-29-24-7-3-2-6-21(24)25/h1-14,16-17H,15H2,(H,29,30). The Kier molecular flexibility index (Phi) is 4.13. The van der Waals surface area contributed by atoms with Crippen LogP contribution in [0.15, 0.2) is 102 Å². The molecule has 0 unspecified atom stereocenters. The fraction of sp³-hybridized carbons (Fsp3) is 0.0370. The molecule has 0 amide bonds. The Morgan fingerprint density at radius 3 is 2.65 bits per heavy atom. The Bertz CT molecular complexity index is 1510. The van der Waals surface area contributed by atoms with Gasteiger partial charge in [-0.05, 0) is 41.3 Å². The predicted octanol–water partition coefficient (Wildman–Crippen LogP) is 6.81. The lowest BCUT2D eigenvalue weighted by Gasteiger charge is -2.11. The number of nitrogens with zero attached hydrogens (tertiary/aromatic N) is 2. The van der Waals surface area contributed by atoms with Crippen LogP contribution in [0.4, 0.5) is 5.69 Å². The summed E-state index contributed by atoms with van der Waals surface area (Å²) in [5, 5.41) is 8.01. The third kappa shape index (κ3) is 3.19. The molecule has 1 N–H and O–H groups in total. The number of hydrogen-bond donors (Lipinski definition) is 1. The fourth-order valence-corrected chi connectivity index (χ4v) is 4.08. The topological polar surface area (TPSA) is 51.0 Å². The van der Waals surface area contributed by atoms with Crippen LogP contribution in [0.2, 0.25) is 0 Å². The average molecular weight is 401 g/mol. The molecule has 4 nitrogen and oxygen atoms in total. The Morgan fingerprint density at radius 2 is 1.68 bits per heavy atom. The molecule has 31 heavy (non-hydrogen) atoms. The van der Waals surface area contributed by atoms with Crippen molar-refractivity contribution < 1.29 is 4.42 Å². The summed E-state index contributed by atoms with van der Waals surface area (Å²) in [6.07, 6.45) is 5.62. The number of hydrogen-bond acceptors (Lipinski definition) is 4. The Hall–Kier alpha value is -4.18. The fourth-order valence-electron chi connectivity index (χ4n) is 4.08. The monoisotopic (exact) mass is 401 g/mol. The number of para-hydroxylation sites is 2. The Labute approximate surface area is 179 Å². The summed E-state index contributed by atoms with van der Waals surface area (Å²) < 4.78 is 6.12. The van der Waals surface area contributed by atoms with E-state index in [0.29, 0.717) is 6.54 Å². The van der Waals surface area contributed by atoms with Crippen LogP contribution in [-0.4, -0.2) is 9.97 Å². The van der Waals surface area contributed by atoms with Gasteiger partial charge in [0.2, 0.25) is 0 Å². The van der Waals surface area contributed by atoms with Crippen molar-refractivity contribution in [2.75, 3.05) is 5.32 Å². The summed E-state index contributed by atoms with van der Waals surface area (Å²) in [6.45, 7) is 0.714. The third-order valence-electron chi connectivity index (χ3n) is 5.65. The van der Waals surface area contributed by atoms with Crippen molar-refractivity contribution in [1.82, 2.24) is 9.97 Å². The first kappa shape index (κ1) is 17.7. The number of rotatable bonds is 4. The average Bonchev–Trinajstić information content (AvgIpc) is 3.26. The molecule has 4 heteroatoms. The van der Waals surface area contributed by atoms with E-state index in [0.717, 1.165) is 49.7 Å². The molecule has 0 aliphatic rings. The zero-order valence-corrected chi connectivity index (χ0v) is 16.7. The first-order chi connectivity index (χ1) is 15.3. The van der Waals surface area contributed by atoms with Gasteiger partial charge in [0, 0.05) is 52.5 Å². The molecule has 0 aliphatic heterocycles. The molecule has 0 spiro atoms. The molecule has 6 aromatic rings. The molecule has 0 bridgehead atoms. The first-order valence-corrected chi connectivity index (χ1v) is 10.3. The number of aromatic nitrogens is 2. The molecule has 3 aromatic carbocycles. The summed E-state index contributed by atoms with van der Waals surface area (Å²) in [6, 6.07) is 26.8. The van der Waals surface area contributed by atoms with Gasteiger partial charge in [0.15, 0.2) is 0 Å². The Morgan fingerprint density at radius 1 is 0.774 bits per heavy atom. The maximum atomic E-state index is 6.12. The molecule has 6 rings (SSSR count). The third-order valence-corrected chi connectivity index (χ3v) is 5.65. The molecule has 0 radical (unpaired) electrons. The van der Waals surface area contributed by atoms with Crippen LogP contribution in [0.25, 0.3) is 44.0 Å². The second kappa shape index (κ2) is 7.26. The second-order valence-corrected chi connectivity index (χ2v) is 7.62. The lowest BCUT2D eigenvalue weighted by Crippen LogP contribution is -2.00. The van der Waals surface area contributed by atoms with Crippen LogP contribution in [0, 0.1) is 0 Å². The first-order valence-electron chi connectivity index (χ1n) is 10.3.